The van der Waals surface area contributed by atoms with E-state index < -0.39 is 0 Å². The minimum Gasteiger partial charge on any atom is -0.348 e. The smallest absolute Gasteiger partial charge is 0.267 e. The minimum absolute atomic E-state index is 0.0728. The Hall–Kier alpha value is -1.55. The molecule has 2 heterocycles. The zero-order valence-corrected chi connectivity index (χ0v) is 14.0. The molecule has 1 aliphatic carbocycles. The fourth-order valence-electron chi connectivity index (χ4n) is 3.07. The van der Waals surface area contributed by atoms with Crippen LogP contribution in [0.25, 0.3) is 11.0 Å². The van der Waals surface area contributed by atoms with E-state index in [0.717, 1.165) is 36.6 Å². The van der Waals surface area contributed by atoms with Crippen molar-refractivity contribution in [2.24, 2.45) is 5.41 Å². The lowest BCUT2D eigenvalue weighted by Gasteiger charge is -2.34. The van der Waals surface area contributed by atoms with Crippen molar-refractivity contribution in [3.8, 4) is 0 Å². The molecule has 1 saturated carbocycles. The van der Waals surface area contributed by atoms with E-state index >= 15 is 0 Å². The number of H-pyrrole nitrogens is 1. The average molecular weight is 320 g/mol. The SMILES string of the molecule is Cc1cnc2[nH]c(C(=O)NC3CCC(C)(C)CC3)cc2c1Cl. The van der Waals surface area contributed by atoms with Crippen molar-refractivity contribution in [2.45, 2.75) is 52.5 Å². The van der Waals surface area contributed by atoms with Gasteiger partial charge in [-0.15, -0.1) is 0 Å². The summed E-state index contributed by atoms with van der Waals surface area (Å²) in [5, 5.41) is 4.58. The number of fused-ring (bicyclic) bond motifs is 1. The lowest BCUT2D eigenvalue weighted by molar-refractivity contribution is 0.0905. The second-order valence-electron chi connectivity index (χ2n) is 7.11. The summed E-state index contributed by atoms with van der Waals surface area (Å²) in [7, 11) is 0. The maximum atomic E-state index is 12.4. The summed E-state index contributed by atoms with van der Waals surface area (Å²) >= 11 is 6.28. The third kappa shape index (κ3) is 2.98. The Morgan fingerprint density at radius 2 is 2.09 bits per heavy atom. The number of hydrogen-bond acceptors (Lipinski definition) is 2. The molecule has 1 amide bonds. The van der Waals surface area contributed by atoms with Crippen molar-refractivity contribution < 1.29 is 4.79 Å². The zero-order valence-electron chi connectivity index (χ0n) is 13.3. The Labute approximate surface area is 135 Å². The fourth-order valence-corrected chi connectivity index (χ4v) is 3.27. The molecule has 118 valence electrons. The molecule has 3 rings (SSSR count). The number of pyridine rings is 1. The van der Waals surface area contributed by atoms with Crippen molar-refractivity contribution >= 4 is 28.5 Å². The standard InChI is InChI=1S/C17H22ClN3O/c1-10-9-19-15-12(14(10)18)8-13(21-15)16(22)20-11-4-6-17(2,3)7-5-11/h8-9,11H,4-7H2,1-3H3,(H,19,21)(H,20,22). The molecule has 0 atom stereocenters. The molecule has 0 bridgehead atoms. The number of carbonyl (C=O) groups excluding carboxylic acids is 1. The number of hydrogen-bond donors (Lipinski definition) is 2. The van der Waals surface area contributed by atoms with Crippen LogP contribution >= 0.6 is 11.6 Å². The molecule has 4 nitrogen and oxygen atoms in total. The quantitative estimate of drug-likeness (QED) is 0.870. The average Bonchev–Trinajstić information content (AvgIpc) is 2.90. The molecule has 1 aliphatic rings. The number of rotatable bonds is 2. The van der Waals surface area contributed by atoms with E-state index in [9.17, 15) is 4.79 Å². The third-order valence-corrected chi connectivity index (χ3v) is 5.19. The Morgan fingerprint density at radius 3 is 2.77 bits per heavy atom. The largest absolute Gasteiger partial charge is 0.348 e. The van der Waals surface area contributed by atoms with Gasteiger partial charge in [0.05, 0.1) is 5.02 Å². The summed E-state index contributed by atoms with van der Waals surface area (Å²) in [5.74, 6) is -0.0728. The highest BCUT2D eigenvalue weighted by molar-refractivity contribution is 6.36. The first-order valence-corrected chi connectivity index (χ1v) is 8.18. The lowest BCUT2D eigenvalue weighted by Crippen LogP contribution is -2.39. The molecule has 0 unspecified atom stereocenters. The van der Waals surface area contributed by atoms with Crippen LogP contribution in [0.3, 0.4) is 0 Å². The number of carbonyl (C=O) groups is 1. The van der Waals surface area contributed by atoms with Crippen molar-refractivity contribution in [1.29, 1.82) is 0 Å². The third-order valence-electron chi connectivity index (χ3n) is 4.69. The maximum absolute atomic E-state index is 12.4. The topological polar surface area (TPSA) is 57.8 Å². The molecule has 0 aromatic carbocycles. The predicted molar refractivity (Wildman–Crippen MR) is 89.3 cm³/mol. The molecule has 0 spiro atoms. The summed E-state index contributed by atoms with van der Waals surface area (Å²) in [6.45, 7) is 6.49. The van der Waals surface area contributed by atoms with Crippen molar-refractivity contribution in [3.05, 3.63) is 28.5 Å². The van der Waals surface area contributed by atoms with Crippen molar-refractivity contribution in [2.75, 3.05) is 0 Å². The zero-order chi connectivity index (χ0) is 15.9. The second-order valence-corrected chi connectivity index (χ2v) is 7.49. The van der Waals surface area contributed by atoms with Crippen molar-refractivity contribution in [1.82, 2.24) is 15.3 Å². The molecule has 5 heteroatoms. The molecule has 2 N–H and O–H groups in total. The molecule has 0 aliphatic heterocycles. The first-order chi connectivity index (χ1) is 10.4. The van der Waals surface area contributed by atoms with Gasteiger partial charge in [0.25, 0.3) is 5.91 Å². The predicted octanol–water partition coefficient (Wildman–Crippen LogP) is 4.22. The number of amides is 1. The van der Waals surface area contributed by atoms with Crippen LogP contribution in [0, 0.1) is 12.3 Å². The van der Waals surface area contributed by atoms with E-state index in [2.05, 4.69) is 29.1 Å². The Morgan fingerprint density at radius 1 is 1.41 bits per heavy atom. The molecular formula is C17H22ClN3O. The maximum Gasteiger partial charge on any atom is 0.267 e. The molecule has 2 aromatic heterocycles. The van der Waals surface area contributed by atoms with Gasteiger partial charge in [-0.05, 0) is 49.7 Å². The monoisotopic (exact) mass is 319 g/mol. The van der Waals surface area contributed by atoms with Gasteiger partial charge in [0.1, 0.15) is 11.3 Å². The lowest BCUT2D eigenvalue weighted by atomic mass is 9.75. The highest BCUT2D eigenvalue weighted by atomic mass is 35.5. The van der Waals surface area contributed by atoms with E-state index in [1.54, 1.807) is 12.3 Å². The number of aromatic amines is 1. The summed E-state index contributed by atoms with van der Waals surface area (Å²) in [6, 6.07) is 2.05. The molecule has 22 heavy (non-hydrogen) atoms. The summed E-state index contributed by atoms with van der Waals surface area (Å²) in [4.78, 5) is 19.8. The van der Waals surface area contributed by atoms with Gasteiger partial charge in [-0.3, -0.25) is 4.79 Å². The number of nitrogens with zero attached hydrogens (tertiary/aromatic N) is 1. The highest BCUT2D eigenvalue weighted by Crippen LogP contribution is 2.35. The first-order valence-electron chi connectivity index (χ1n) is 7.80. The molecular weight excluding hydrogens is 298 g/mol. The number of nitrogens with one attached hydrogen (secondary N) is 2. The molecule has 0 radical (unpaired) electrons. The van der Waals surface area contributed by atoms with Gasteiger partial charge in [-0.2, -0.15) is 0 Å². The fraction of sp³-hybridized carbons (Fsp3) is 0.529. The second kappa shape index (κ2) is 5.58. The van der Waals surface area contributed by atoms with Crippen LogP contribution in [-0.2, 0) is 0 Å². The van der Waals surface area contributed by atoms with E-state index in [1.807, 2.05) is 6.92 Å². The van der Waals surface area contributed by atoms with Gasteiger partial charge >= 0.3 is 0 Å². The van der Waals surface area contributed by atoms with E-state index in [4.69, 9.17) is 11.6 Å². The Balaban J connectivity index is 1.74. The van der Waals surface area contributed by atoms with Crippen LogP contribution in [0.5, 0.6) is 0 Å². The van der Waals surface area contributed by atoms with Crippen LogP contribution in [0.1, 0.15) is 55.6 Å². The van der Waals surface area contributed by atoms with E-state index in [0.29, 0.717) is 21.8 Å². The van der Waals surface area contributed by atoms with Gasteiger partial charge in [-0.25, -0.2) is 4.98 Å². The molecule has 2 aromatic rings. The van der Waals surface area contributed by atoms with Crippen molar-refractivity contribution in [3.63, 3.8) is 0 Å². The van der Waals surface area contributed by atoms with Crippen LogP contribution in [0.15, 0.2) is 12.3 Å². The number of aryl methyl sites for hydroxylation is 1. The van der Waals surface area contributed by atoms with Crippen LogP contribution in [0.2, 0.25) is 5.02 Å². The van der Waals surface area contributed by atoms with Gasteiger partial charge < -0.3 is 10.3 Å². The Bertz CT molecular complexity index is 710. The Kier molecular flexibility index (Phi) is 3.89. The first kappa shape index (κ1) is 15.3. The van der Waals surface area contributed by atoms with Crippen LogP contribution in [-0.4, -0.2) is 21.9 Å². The van der Waals surface area contributed by atoms with Gasteiger partial charge in [0, 0.05) is 17.6 Å². The van der Waals surface area contributed by atoms with Gasteiger partial charge in [0.2, 0.25) is 0 Å². The molecule has 1 fully saturated rings. The van der Waals surface area contributed by atoms with Gasteiger partial charge in [-0.1, -0.05) is 25.4 Å². The highest BCUT2D eigenvalue weighted by Gasteiger charge is 2.28. The summed E-state index contributed by atoms with van der Waals surface area (Å²) in [6.07, 6.45) is 6.09. The van der Waals surface area contributed by atoms with E-state index in [1.165, 1.54) is 0 Å². The van der Waals surface area contributed by atoms with E-state index in [-0.39, 0.29) is 11.9 Å². The van der Waals surface area contributed by atoms with Gasteiger partial charge in [0.15, 0.2) is 0 Å². The van der Waals surface area contributed by atoms with Crippen LogP contribution in [0.4, 0.5) is 0 Å². The minimum atomic E-state index is -0.0728. The number of aromatic nitrogens is 2. The normalized spacial score (nSPS) is 18.5. The molecule has 0 saturated heterocycles. The summed E-state index contributed by atoms with van der Waals surface area (Å²) < 4.78 is 0. The number of halogens is 1. The van der Waals surface area contributed by atoms with Crippen LogP contribution < -0.4 is 5.32 Å². The summed E-state index contributed by atoms with van der Waals surface area (Å²) in [5.41, 5.74) is 2.50.